The van der Waals surface area contributed by atoms with Gasteiger partial charge in [-0.05, 0) is 24.5 Å². The summed E-state index contributed by atoms with van der Waals surface area (Å²) in [6.45, 7) is 0.587. The summed E-state index contributed by atoms with van der Waals surface area (Å²) in [5, 5.41) is 0. The largest absolute Gasteiger partial charge is 0.293 e. The van der Waals surface area contributed by atoms with Crippen LogP contribution in [0.25, 0.3) is 0 Å². The fourth-order valence-electron chi connectivity index (χ4n) is 5.58. The van der Waals surface area contributed by atoms with Gasteiger partial charge in [-0.25, -0.2) is 0 Å². The van der Waals surface area contributed by atoms with Crippen LogP contribution in [0.5, 0.6) is 0 Å². The molecule has 2 amide bonds. The van der Waals surface area contributed by atoms with Gasteiger partial charge in [0.2, 0.25) is 11.8 Å². The SMILES string of the molecule is O=C1C=C[C@H]2[C@H]3C(=O)N(C4CCCCC4)C(=O)[C@H]3[C@@H]1N2Cc1ccccc1. The molecule has 1 saturated carbocycles. The number of hydrogen-bond acceptors (Lipinski definition) is 4. The van der Waals surface area contributed by atoms with Crippen LogP contribution in [0.2, 0.25) is 0 Å². The van der Waals surface area contributed by atoms with Crippen LogP contribution >= 0.6 is 0 Å². The highest BCUT2D eigenvalue weighted by Crippen LogP contribution is 2.47. The Kier molecular flexibility index (Phi) is 4.01. The standard InChI is InChI=1S/C22H24N2O3/c25-17-12-11-16-18-19(20(17)23(16)13-14-7-3-1-4-8-14)22(27)24(21(18)26)15-9-5-2-6-10-15/h1,3-4,7-8,11-12,15-16,18-20H,2,5-6,9-10,13H2/t16-,18+,19+,20+/m0/s1. The second-order valence-electron chi connectivity index (χ2n) is 8.24. The summed E-state index contributed by atoms with van der Waals surface area (Å²) >= 11 is 0. The van der Waals surface area contributed by atoms with E-state index in [-0.39, 0.29) is 29.7 Å². The van der Waals surface area contributed by atoms with Crippen LogP contribution in [0.15, 0.2) is 42.5 Å². The van der Waals surface area contributed by atoms with Crippen molar-refractivity contribution in [3.8, 4) is 0 Å². The van der Waals surface area contributed by atoms with E-state index in [4.69, 9.17) is 0 Å². The number of benzene rings is 1. The molecule has 2 bridgehead atoms. The molecule has 1 aromatic carbocycles. The summed E-state index contributed by atoms with van der Waals surface area (Å²) in [7, 11) is 0. The fourth-order valence-corrected chi connectivity index (χ4v) is 5.58. The quantitative estimate of drug-likeness (QED) is 0.773. The molecule has 0 radical (unpaired) electrons. The van der Waals surface area contributed by atoms with Crippen molar-refractivity contribution < 1.29 is 14.4 Å². The van der Waals surface area contributed by atoms with Crippen molar-refractivity contribution in [1.82, 2.24) is 9.80 Å². The first-order valence-corrected chi connectivity index (χ1v) is 10.1. The smallest absolute Gasteiger partial charge is 0.235 e. The number of nitrogens with zero attached hydrogens (tertiary/aromatic N) is 2. The molecule has 0 N–H and O–H groups in total. The van der Waals surface area contributed by atoms with E-state index in [9.17, 15) is 14.4 Å². The van der Waals surface area contributed by atoms with Crippen LogP contribution in [-0.4, -0.2) is 45.5 Å². The van der Waals surface area contributed by atoms with E-state index in [1.807, 2.05) is 36.4 Å². The first-order valence-electron chi connectivity index (χ1n) is 10.1. The average Bonchev–Trinajstić information content (AvgIpc) is 3.07. The predicted octanol–water partition coefficient (Wildman–Crippen LogP) is 2.31. The number of carbonyl (C=O) groups is 3. The fraction of sp³-hybridized carbons (Fsp3) is 0.500. The number of ketones is 1. The van der Waals surface area contributed by atoms with Crippen molar-refractivity contribution >= 4 is 17.6 Å². The van der Waals surface area contributed by atoms with Crippen LogP contribution in [0.3, 0.4) is 0 Å². The molecule has 0 unspecified atom stereocenters. The topological polar surface area (TPSA) is 57.7 Å². The second kappa shape index (κ2) is 6.41. The zero-order chi connectivity index (χ0) is 18.5. The van der Waals surface area contributed by atoms with Gasteiger partial charge in [0.05, 0.1) is 17.9 Å². The van der Waals surface area contributed by atoms with E-state index >= 15 is 0 Å². The van der Waals surface area contributed by atoms with Crippen LogP contribution < -0.4 is 0 Å². The molecule has 3 aliphatic heterocycles. The number of rotatable bonds is 3. The van der Waals surface area contributed by atoms with E-state index in [1.165, 1.54) is 6.42 Å². The number of likely N-dealkylation sites (tertiary alicyclic amines) is 1. The van der Waals surface area contributed by atoms with Crippen molar-refractivity contribution in [3.63, 3.8) is 0 Å². The van der Waals surface area contributed by atoms with E-state index in [1.54, 1.807) is 11.0 Å². The lowest BCUT2D eigenvalue weighted by atomic mass is 9.90. The van der Waals surface area contributed by atoms with Crippen LogP contribution in [0, 0.1) is 11.8 Å². The number of carbonyl (C=O) groups excluding carboxylic acids is 3. The highest BCUT2D eigenvalue weighted by molar-refractivity contribution is 6.11. The van der Waals surface area contributed by atoms with Crippen LogP contribution in [0.1, 0.15) is 37.7 Å². The summed E-state index contributed by atoms with van der Waals surface area (Å²) in [5.74, 6) is -1.13. The average molecular weight is 364 g/mol. The lowest BCUT2D eigenvalue weighted by Gasteiger charge is -2.36. The summed E-state index contributed by atoms with van der Waals surface area (Å²) in [5.41, 5.74) is 1.10. The molecule has 3 fully saturated rings. The van der Waals surface area contributed by atoms with Gasteiger partial charge in [-0.15, -0.1) is 0 Å². The monoisotopic (exact) mass is 364 g/mol. The van der Waals surface area contributed by atoms with E-state index < -0.39 is 17.9 Å². The molecular formula is C22H24N2O3. The third-order valence-corrected chi connectivity index (χ3v) is 6.78. The molecule has 3 heterocycles. The molecule has 2 saturated heterocycles. The third-order valence-electron chi connectivity index (χ3n) is 6.78. The van der Waals surface area contributed by atoms with Crippen molar-refractivity contribution in [2.45, 2.75) is 56.8 Å². The van der Waals surface area contributed by atoms with E-state index in [0.29, 0.717) is 6.54 Å². The first-order chi connectivity index (χ1) is 13.2. The second-order valence-corrected chi connectivity index (χ2v) is 8.24. The first kappa shape index (κ1) is 16.9. The Labute approximate surface area is 159 Å². The molecule has 0 spiro atoms. The number of amides is 2. The molecule has 5 nitrogen and oxygen atoms in total. The summed E-state index contributed by atoms with van der Waals surface area (Å²) in [4.78, 5) is 42.9. The lowest BCUT2D eigenvalue weighted by molar-refractivity contribution is -0.146. The maximum atomic E-state index is 13.3. The number of fused-ring (bicyclic) bond motifs is 5. The summed E-state index contributed by atoms with van der Waals surface area (Å²) in [6.07, 6.45) is 8.57. The number of hydrogen-bond donors (Lipinski definition) is 0. The Morgan fingerprint density at radius 1 is 0.889 bits per heavy atom. The minimum absolute atomic E-state index is 0.0340. The van der Waals surface area contributed by atoms with Gasteiger partial charge in [-0.3, -0.25) is 24.2 Å². The maximum absolute atomic E-state index is 13.3. The molecule has 5 heteroatoms. The van der Waals surface area contributed by atoms with Gasteiger partial charge in [0, 0.05) is 18.6 Å². The van der Waals surface area contributed by atoms with Gasteiger partial charge >= 0.3 is 0 Å². The van der Waals surface area contributed by atoms with Gasteiger partial charge in [0.15, 0.2) is 5.78 Å². The highest BCUT2D eigenvalue weighted by Gasteiger charge is 2.64. The molecule has 4 aliphatic rings. The van der Waals surface area contributed by atoms with E-state index in [0.717, 1.165) is 31.2 Å². The number of imide groups is 1. The van der Waals surface area contributed by atoms with Gasteiger partial charge in [0.1, 0.15) is 0 Å². The molecule has 1 aliphatic carbocycles. The van der Waals surface area contributed by atoms with Crippen LogP contribution in [-0.2, 0) is 20.9 Å². The van der Waals surface area contributed by atoms with Crippen molar-refractivity contribution in [2.24, 2.45) is 11.8 Å². The molecule has 27 heavy (non-hydrogen) atoms. The van der Waals surface area contributed by atoms with Crippen molar-refractivity contribution in [3.05, 3.63) is 48.0 Å². The summed E-state index contributed by atoms with van der Waals surface area (Å²) < 4.78 is 0. The predicted molar refractivity (Wildman–Crippen MR) is 99.4 cm³/mol. The molecule has 0 aromatic heterocycles. The van der Waals surface area contributed by atoms with Gasteiger partial charge in [0.25, 0.3) is 0 Å². The lowest BCUT2D eigenvalue weighted by Crippen LogP contribution is -2.50. The Morgan fingerprint density at radius 3 is 2.33 bits per heavy atom. The zero-order valence-corrected chi connectivity index (χ0v) is 15.3. The molecular weight excluding hydrogens is 340 g/mol. The Balaban J connectivity index is 1.47. The highest BCUT2D eigenvalue weighted by atomic mass is 16.2. The van der Waals surface area contributed by atoms with E-state index in [2.05, 4.69) is 4.90 Å². The Bertz CT molecular complexity index is 812. The normalized spacial score (nSPS) is 33.8. The molecule has 5 rings (SSSR count). The minimum Gasteiger partial charge on any atom is -0.293 e. The van der Waals surface area contributed by atoms with Gasteiger partial charge in [-0.2, -0.15) is 0 Å². The third kappa shape index (κ3) is 2.52. The minimum atomic E-state index is -0.518. The Morgan fingerprint density at radius 2 is 1.59 bits per heavy atom. The van der Waals surface area contributed by atoms with Crippen LogP contribution in [0.4, 0.5) is 0 Å². The maximum Gasteiger partial charge on any atom is 0.235 e. The van der Waals surface area contributed by atoms with Gasteiger partial charge < -0.3 is 0 Å². The molecule has 4 atom stereocenters. The summed E-state index contributed by atoms with van der Waals surface area (Å²) in [6, 6.07) is 9.32. The Hall–Kier alpha value is -2.27. The molecule has 1 aromatic rings. The van der Waals surface area contributed by atoms with Gasteiger partial charge in [-0.1, -0.05) is 55.7 Å². The zero-order valence-electron chi connectivity index (χ0n) is 15.3. The molecule has 140 valence electrons. The van der Waals surface area contributed by atoms with Crippen molar-refractivity contribution in [1.29, 1.82) is 0 Å². The van der Waals surface area contributed by atoms with Crippen molar-refractivity contribution in [2.75, 3.05) is 0 Å².